The predicted octanol–water partition coefficient (Wildman–Crippen LogP) is 23.4. The third kappa shape index (κ3) is 72.4. The zero-order chi connectivity index (χ0) is 72.3. The van der Waals surface area contributed by atoms with Crippen LogP contribution in [-0.2, 0) is 65.4 Å². The molecule has 0 bridgehead atoms. The molecule has 5 atom stereocenters. The molecule has 2 unspecified atom stereocenters. The first-order valence-corrected chi connectivity index (χ1v) is 43.8. The summed E-state index contributed by atoms with van der Waals surface area (Å²) in [7, 11) is -9.92. The van der Waals surface area contributed by atoms with Gasteiger partial charge in [0.2, 0.25) is 0 Å². The molecule has 0 radical (unpaired) electrons. The van der Waals surface area contributed by atoms with Gasteiger partial charge in [0.1, 0.15) is 19.3 Å². The molecule has 582 valence electrons. The van der Waals surface area contributed by atoms with Crippen molar-refractivity contribution in [2.45, 2.75) is 426 Å². The molecule has 3 N–H and O–H groups in total. The summed E-state index contributed by atoms with van der Waals surface area (Å²) in [5, 5.41) is 10.6. The molecule has 0 aromatic rings. The molecule has 0 fully saturated rings. The topological polar surface area (TPSA) is 237 Å². The summed E-state index contributed by atoms with van der Waals surface area (Å²) >= 11 is 0. The van der Waals surface area contributed by atoms with Gasteiger partial charge in [-0.2, -0.15) is 0 Å². The van der Waals surface area contributed by atoms with E-state index in [0.717, 1.165) is 108 Å². The average Bonchev–Trinajstić information content (AvgIpc) is 1.07. The van der Waals surface area contributed by atoms with Gasteiger partial charge in [0.15, 0.2) is 12.2 Å². The maximum atomic E-state index is 13.1. The van der Waals surface area contributed by atoms with Crippen LogP contribution in [0.1, 0.15) is 408 Å². The quantitative estimate of drug-likeness (QED) is 0.0222. The first kappa shape index (κ1) is 96.1. The Morgan fingerprint density at radius 1 is 0.276 bits per heavy atom. The lowest BCUT2D eigenvalue weighted by atomic mass is 10.0. The standard InChI is InChI=1S/C79H154O17P2/c1-8-9-10-11-12-13-14-15-18-25-34-41-48-55-62-78(83)96-75(67-90-77(82)61-54-47-40-33-28-27-31-38-45-52-59-72(6)7)69-94-98(87,88)92-65-73(80)64-91-97(85,86)93-68-74(66-89-76(81)60-53-46-39-32-24-21-20-23-30-37-44-51-58-71(4)5)95-79(84)63-56-49-42-35-26-19-16-17-22-29-36-43-50-57-70(2)3/h70-75,80H,8-69H2,1-7H3,(H,85,86)(H,87,88)/t73-,74-,75-/m1/s1. The van der Waals surface area contributed by atoms with E-state index >= 15 is 0 Å². The Hall–Kier alpha value is -1.94. The number of phosphoric ester groups is 2. The van der Waals surface area contributed by atoms with Gasteiger partial charge in [-0.05, 0) is 43.4 Å². The summed E-state index contributed by atoms with van der Waals surface area (Å²) < 4.78 is 68.7. The van der Waals surface area contributed by atoms with Gasteiger partial charge in [-0.15, -0.1) is 0 Å². The van der Waals surface area contributed by atoms with E-state index in [1.54, 1.807) is 0 Å². The van der Waals surface area contributed by atoms with Crippen molar-refractivity contribution in [1.29, 1.82) is 0 Å². The molecule has 0 spiro atoms. The summed E-state index contributed by atoms with van der Waals surface area (Å²) in [6, 6.07) is 0. The van der Waals surface area contributed by atoms with Crippen LogP contribution in [0, 0.1) is 17.8 Å². The Morgan fingerprint density at radius 2 is 0.469 bits per heavy atom. The number of aliphatic hydroxyl groups excluding tert-OH is 1. The molecule has 0 aromatic heterocycles. The minimum Gasteiger partial charge on any atom is -0.462 e. The fraction of sp³-hybridized carbons (Fsp3) is 0.949. The van der Waals surface area contributed by atoms with Crippen LogP contribution in [0.25, 0.3) is 0 Å². The highest BCUT2D eigenvalue weighted by Gasteiger charge is 2.30. The molecule has 0 saturated heterocycles. The minimum absolute atomic E-state index is 0.107. The molecule has 0 rings (SSSR count). The van der Waals surface area contributed by atoms with Crippen molar-refractivity contribution < 1.29 is 80.2 Å². The molecule has 0 aliphatic carbocycles. The number of phosphoric acid groups is 2. The number of carbonyl (C=O) groups is 4. The van der Waals surface area contributed by atoms with E-state index in [-0.39, 0.29) is 25.7 Å². The molecule has 17 nitrogen and oxygen atoms in total. The summed E-state index contributed by atoms with van der Waals surface area (Å²) in [5.74, 6) is 0.216. The Labute approximate surface area is 600 Å². The van der Waals surface area contributed by atoms with Crippen LogP contribution >= 0.6 is 15.6 Å². The second kappa shape index (κ2) is 69.4. The zero-order valence-electron chi connectivity index (χ0n) is 64.3. The Kier molecular flexibility index (Phi) is 68.1. The zero-order valence-corrected chi connectivity index (χ0v) is 66.0. The number of hydrogen-bond acceptors (Lipinski definition) is 15. The molecular formula is C79H154O17P2. The van der Waals surface area contributed by atoms with Crippen LogP contribution in [0.3, 0.4) is 0 Å². The molecule has 19 heteroatoms. The SMILES string of the molecule is CCCCCCCCCCCCCCCCC(=O)O[C@H](COC(=O)CCCCCCCCCCCCC(C)C)COP(=O)(O)OC[C@H](O)COP(=O)(O)OC[C@@H](COC(=O)CCCCCCCCCCCCCCC(C)C)OC(=O)CCCCCCCCCCCCCCCC(C)C. The number of aliphatic hydroxyl groups is 1. The van der Waals surface area contributed by atoms with E-state index in [9.17, 15) is 43.2 Å². The number of esters is 4. The number of hydrogen-bond donors (Lipinski definition) is 3. The molecule has 0 aliphatic rings. The van der Waals surface area contributed by atoms with Gasteiger partial charge in [-0.25, -0.2) is 9.13 Å². The first-order valence-electron chi connectivity index (χ1n) is 40.8. The Balaban J connectivity index is 5.28. The van der Waals surface area contributed by atoms with Crippen molar-refractivity contribution in [3.63, 3.8) is 0 Å². The minimum atomic E-state index is -4.96. The van der Waals surface area contributed by atoms with Crippen LogP contribution in [-0.4, -0.2) is 96.7 Å². The van der Waals surface area contributed by atoms with Crippen molar-refractivity contribution in [2.75, 3.05) is 39.6 Å². The third-order valence-corrected chi connectivity index (χ3v) is 20.3. The van der Waals surface area contributed by atoms with Gasteiger partial charge in [-0.3, -0.25) is 37.3 Å². The second-order valence-corrected chi connectivity index (χ2v) is 32.8. The van der Waals surface area contributed by atoms with Gasteiger partial charge in [0.25, 0.3) is 0 Å². The summed E-state index contributed by atoms with van der Waals surface area (Å²) in [5.41, 5.74) is 0. The van der Waals surface area contributed by atoms with Crippen molar-refractivity contribution in [2.24, 2.45) is 17.8 Å². The lowest BCUT2D eigenvalue weighted by Crippen LogP contribution is -2.30. The molecule has 0 aromatic carbocycles. The highest BCUT2D eigenvalue weighted by molar-refractivity contribution is 7.47. The van der Waals surface area contributed by atoms with Crippen molar-refractivity contribution in [3.05, 3.63) is 0 Å². The summed E-state index contributed by atoms with van der Waals surface area (Å²) in [6.45, 7) is 12.0. The molecule has 98 heavy (non-hydrogen) atoms. The number of ether oxygens (including phenoxy) is 4. The number of unbranched alkanes of at least 4 members (excludes halogenated alkanes) is 45. The highest BCUT2D eigenvalue weighted by atomic mass is 31.2. The fourth-order valence-corrected chi connectivity index (χ4v) is 13.7. The second-order valence-electron chi connectivity index (χ2n) is 29.9. The first-order chi connectivity index (χ1) is 47.2. The summed E-state index contributed by atoms with van der Waals surface area (Å²) in [4.78, 5) is 73.0. The van der Waals surface area contributed by atoms with E-state index in [1.165, 1.54) is 218 Å². The third-order valence-electron chi connectivity index (χ3n) is 18.4. The van der Waals surface area contributed by atoms with Crippen LogP contribution in [0.2, 0.25) is 0 Å². The smallest absolute Gasteiger partial charge is 0.462 e. The summed E-state index contributed by atoms with van der Waals surface area (Å²) in [6.07, 6.45) is 56.7. The van der Waals surface area contributed by atoms with Gasteiger partial charge in [-0.1, -0.05) is 357 Å². The molecule has 0 amide bonds. The van der Waals surface area contributed by atoms with Crippen molar-refractivity contribution >= 4 is 39.5 Å². The number of rotatable bonds is 77. The maximum absolute atomic E-state index is 13.1. The van der Waals surface area contributed by atoms with E-state index < -0.39 is 97.5 Å². The number of carbonyl (C=O) groups excluding carboxylic acids is 4. The molecular weight excluding hydrogens is 1280 g/mol. The predicted molar refractivity (Wildman–Crippen MR) is 400 cm³/mol. The molecule has 0 heterocycles. The average molecular weight is 1440 g/mol. The normalized spacial score (nSPS) is 14.0. The highest BCUT2D eigenvalue weighted by Crippen LogP contribution is 2.45. The van der Waals surface area contributed by atoms with Crippen molar-refractivity contribution in [1.82, 2.24) is 0 Å². The Morgan fingerprint density at radius 3 is 0.694 bits per heavy atom. The van der Waals surface area contributed by atoms with Crippen molar-refractivity contribution in [3.8, 4) is 0 Å². The maximum Gasteiger partial charge on any atom is 0.472 e. The van der Waals surface area contributed by atoms with E-state index in [1.807, 2.05) is 0 Å². The van der Waals surface area contributed by atoms with Crippen LogP contribution in [0.15, 0.2) is 0 Å². The Bertz CT molecular complexity index is 1900. The molecule has 0 saturated carbocycles. The van der Waals surface area contributed by atoms with Gasteiger partial charge in [0.05, 0.1) is 26.4 Å². The van der Waals surface area contributed by atoms with Crippen LogP contribution in [0.5, 0.6) is 0 Å². The van der Waals surface area contributed by atoms with Gasteiger partial charge >= 0.3 is 39.5 Å². The monoisotopic (exact) mass is 1440 g/mol. The lowest BCUT2D eigenvalue weighted by Gasteiger charge is -2.21. The fourth-order valence-electron chi connectivity index (χ4n) is 12.1. The van der Waals surface area contributed by atoms with Gasteiger partial charge < -0.3 is 33.8 Å². The van der Waals surface area contributed by atoms with E-state index in [4.69, 9.17) is 37.0 Å². The molecule has 0 aliphatic heterocycles. The van der Waals surface area contributed by atoms with Crippen LogP contribution < -0.4 is 0 Å². The lowest BCUT2D eigenvalue weighted by molar-refractivity contribution is -0.161. The van der Waals surface area contributed by atoms with E-state index in [2.05, 4.69) is 48.5 Å². The van der Waals surface area contributed by atoms with Crippen LogP contribution in [0.4, 0.5) is 0 Å². The van der Waals surface area contributed by atoms with Gasteiger partial charge in [0, 0.05) is 25.7 Å². The van der Waals surface area contributed by atoms with E-state index in [0.29, 0.717) is 25.7 Å². The largest absolute Gasteiger partial charge is 0.472 e.